The van der Waals surface area contributed by atoms with E-state index in [4.69, 9.17) is 9.47 Å². The summed E-state index contributed by atoms with van der Waals surface area (Å²) in [7, 11) is 0. The van der Waals surface area contributed by atoms with E-state index in [-0.39, 0.29) is 11.4 Å². The summed E-state index contributed by atoms with van der Waals surface area (Å²) in [5, 5.41) is 0.876. The van der Waals surface area contributed by atoms with Crippen molar-refractivity contribution in [3.05, 3.63) is 53.7 Å². The highest BCUT2D eigenvalue weighted by Gasteiger charge is 2.33. The fourth-order valence-corrected chi connectivity index (χ4v) is 4.10. The van der Waals surface area contributed by atoms with Crippen molar-refractivity contribution in [1.82, 2.24) is 9.55 Å². The highest BCUT2D eigenvalue weighted by Crippen LogP contribution is 2.33. The number of carbonyl (C=O) groups is 2. The Balaban J connectivity index is 2.11. The van der Waals surface area contributed by atoms with Gasteiger partial charge in [0.25, 0.3) is 0 Å². The molecule has 0 aliphatic carbocycles. The number of hydrogen-bond donors (Lipinski definition) is 0. The van der Waals surface area contributed by atoms with E-state index in [9.17, 15) is 9.59 Å². The van der Waals surface area contributed by atoms with Crippen LogP contribution in [0.25, 0.3) is 22.3 Å². The lowest BCUT2D eigenvalue weighted by Crippen LogP contribution is -2.35. The van der Waals surface area contributed by atoms with Crippen molar-refractivity contribution in [2.45, 2.75) is 99.2 Å². The predicted molar refractivity (Wildman–Crippen MR) is 149 cm³/mol. The van der Waals surface area contributed by atoms with Crippen molar-refractivity contribution < 1.29 is 19.1 Å². The maximum Gasteiger partial charge on any atom is 0.419 e. The lowest BCUT2D eigenvalue weighted by atomic mass is 9.85. The molecule has 3 rings (SSSR count). The van der Waals surface area contributed by atoms with Crippen molar-refractivity contribution in [3.8, 4) is 11.4 Å². The third-order valence-corrected chi connectivity index (χ3v) is 5.93. The highest BCUT2D eigenvalue weighted by atomic mass is 16.6. The van der Waals surface area contributed by atoms with E-state index in [0.29, 0.717) is 17.8 Å². The molecule has 6 heteroatoms. The molecule has 200 valence electrons. The van der Waals surface area contributed by atoms with Crippen LogP contribution in [0, 0.1) is 5.41 Å². The number of nitrogens with zero attached hydrogens (tertiary/aromatic N) is 2. The van der Waals surface area contributed by atoms with E-state index in [1.54, 1.807) is 10.8 Å². The molecule has 6 nitrogen and oxygen atoms in total. The molecule has 0 radical (unpaired) electrons. The van der Waals surface area contributed by atoms with E-state index < -0.39 is 22.7 Å². The van der Waals surface area contributed by atoms with E-state index in [1.807, 2.05) is 91.8 Å². The van der Waals surface area contributed by atoms with Gasteiger partial charge in [-0.25, -0.2) is 9.36 Å². The van der Waals surface area contributed by atoms with Crippen LogP contribution >= 0.6 is 0 Å². The summed E-state index contributed by atoms with van der Waals surface area (Å²) in [5.74, 6) is -0.240. The summed E-state index contributed by atoms with van der Waals surface area (Å²) in [6, 6.07) is 11.9. The minimum absolute atomic E-state index is 0.0686. The largest absolute Gasteiger partial charge is 0.460 e. The van der Waals surface area contributed by atoms with Gasteiger partial charge in [0.05, 0.1) is 22.3 Å². The Labute approximate surface area is 221 Å². The molecule has 0 aliphatic heterocycles. The normalized spacial score (nSPS) is 13.1. The Morgan fingerprint density at radius 2 is 1.43 bits per heavy atom. The van der Waals surface area contributed by atoms with E-state index in [2.05, 4.69) is 25.8 Å². The standard InChI is InChI=1S/C31H42N2O4/c1-28(2,3)22-14-15-32-23(18-22)25-17-21-16-20(19-31(10,11)26(34)36-29(4,5)6)12-13-24(21)33(25)27(35)37-30(7,8)9/h12-18H,19H2,1-11H3. The number of hydrogen-bond acceptors (Lipinski definition) is 5. The van der Waals surface area contributed by atoms with Crippen LogP contribution in [-0.4, -0.2) is 32.8 Å². The van der Waals surface area contributed by atoms with Gasteiger partial charge in [0.1, 0.15) is 11.2 Å². The summed E-state index contributed by atoms with van der Waals surface area (Å²) < 4.78 is 13.0. The van der Waals surface area contributed by atoms with Crippen LogP contribution in [0.15, 0.2) is 42.6 Å². The molecular weight excluding hydrogens is 464 g/mol. The van der Waals surface area contributed by atoms with Gasteiger partial charge in [-0.1, -0.05) is 26.8 Å². The van der Waals surface area contributed by atoms with Gasteiger partial charge in [-0.15, -0.1) is 0 Å². The summed E-state index contributed by atoms with van der Waals surface area (Å²) in [4.78, 5) is 30.8. The average Bonchev–Trinajstić information content (AvgIpc) is 3.09. The van der Waals surface area contributed by atoms with Crippen LogP contribution in [0.5, 0.6) is 0 Å². The molecule has 0 fully saturated rings. The van der Waals surface area contributed by atoms with E-state index in [0.717, 1.165) is 22.0 Å². The number of benzene rings is 1. The van der Waals surface area contributed by atoms with Gasteiger partial charge < -0.3 is 9.47 Å². The van der Waals surface area contributed by atoms with Crippen molar-refractivity contribution in [2.75, 3.05) is 0 Å². The second-order valence-electron chi connectivity index (χ2n) is 13.5. The Hall–Kier alpha value is -3.15. The topological polar surface area (TPSA) is 70.4 Å². The zero-order valence-corrected chi connectivity index (χ0v) is 24.3. The Morgan fingerprint density at radius 3 is 2.00 bits per heavy atom. The molecule has 0 saturated carbocycles. The van der Waals surface area contributed by atoms with Crippen molar-refractivity contribution >= 4 is 23.0 Å². The molecule has 3 aromatic rings. The minimum atomic E-state index is -0.708. The summed E-state index contributed by atoms with van der Waals surface area (Å²) >= 11 is 0. The van der Waals surface area contributed by atoms with Crippen LogP contribution in [0.1, 0.15) is 87.3 Å². The second kappa shape index (κ2) is 9.62. The number of esters is 1. The molecular formula is C31H42N2O4. The smallest absolute Gasteiger partial charge is 0.419 e. The molecule has 2 heterocycles. The van der Waals surface area contributed by atoms with Gasteiger partial charge in [0, 0.05) is 11.6 Å². The first kappa shape index (κ1) is 28.4. The molecule has 0 N–H and O–H groups in total. The van der Waals surface area contributed by atoms with Crippen LogP contribution < -0.4 is 0 Å². The third-order valence-electron chi connectivity index (χ3n) is 5.93. The van der Waals surface area contributed by atoms with Gasteiger partial charge in [-0.2, -0.15) is 0 Å². The highest BCUT2D eigenvalue weighted by molar-refractivity contribution is 5.96. The first-order valence-corrected chi connectivity index (χ1v) is 12.8. The quantitative estimate of drug-likeness (QED) is 0.339. The zero-order valence-electron chi connectivity index (χ0n) is 24.3. The Kier molecular flexibility index (Phi) is 7.39. The van der Waals surface area contributed by atoms with Gasteiger partial charge in [0.15, 0.2) is 0 Å². The van der Waals surface area contributed by atoms with Gasteiger partial charge in [0.2, 0.25) is 0 Å². The van der Waals surface area contributed by atoms with Crippen LogP contribution in [0.2, 0.25) is 0 Å². The lowest BCUT2D eigenvalue weighted by Gasteiger charge is -2.28. The minimum Gasteiger partial charge on any atom is -0.460 e. The number of ether oxygens (including phenoxy) is 2. The summed E-state index contributed by atoms with van der Waals surface area (Å²) in [6.45, 7) is 21.4. The monoisotopic (exact) mass is 506 g/mol. The van der Waals surface area contributed by atoms with E-state index in [1.165, 1.54) is 0 Å². The van der Waals surface area contributed by atoms with E-state index >= 15 is 0 Å². The molecule has 1 aromatic carbocycles. The van der Waals surface area contributed by atoms with Crippen LogP contribution in [0.4, 0.5) is 4.79 Å². The molecule has 0 aliphatic rings. The second-order valence-corrected chi connectivity index (χ2v) is 13.5. The number of fused-ring (bicyclic) bond motifs is 1. The number of pyridine rings is 1. The van der Waals surface area contributed by atoms with Crippen LogP contribution in [-0.2, 0) is 26.1 Å². The first-order valence-electron chi connectivity index (χ1n) is 12.8. The van der Waals surface area contributed by atoms with Crippen molar-refractivity contribution in [3.63, 3.8) is 0 Å². The zero-order chi connectivity index (χ0) is 28.0. The summed E-state index contributed by atoms with van der Waals surface area (Å²) in [5.41, 5.74) is 2.22. The predicted octanol–water partition coefficient (Wildman–Crippen LogP) is 7.69. The number of rotatable bonds is 4. The molecule has 37 heavy (non-hydrogen) atoms. The average molecular weight is 507 g/mol. The fourth-order valence-electron chi connectivity index (χ4n) is 4.10. The molecule has 0 spiro atoms. The molecule has 0 amide bonds. The maximum absolute atomic E-state index is 13.4. The molecule has 2 aromatic heterocycles. The Morgan fingerprint density at radius 1 is 0.811 bits per heavy atom. The van der Waals surface area contributed by atoms with Crippen LogP contribution in [0.3, 0.4) is 0 Å². The number of carbonyl (C=O) groups excluding carboxylic acids is 2. The first-order chi connectivity index (χ1) is 16.8. The van der Waals surface area contributed by atoms with Gasteiger partial charge in [-0.3, -0.25) is 9.78 Å². The van der Waals surface area contributed by atoms with Crippen molar-refractivity contribution in [1.29, 1.82) is 0 Å². The molecule has 0 unspecified atom stereocenters. The lowest BCUT2D eigenvalue weighted by molar-refractivity contribution is -0.165. The summed E-state index contributed by atoms with van der Waals surface area (Å²) in [6.07, 6.45) is 1.83. The molecule has 0 saturated heterocycles. The fraction of sp³-hybridized carbons (Fsp3) is 0.516. The van der Waals surface area contributed by atoms with Gasteiger partial charge in [-0.05, 0) is 109 Å². The molecule has 0 bridgehead atoms. The number of aromatic nitrogens is 2. The SMILES string of the molecule is CC(C)(C)OC(=O)n1c(-c2cc(C(C)(C)C)ccn2)cc2cc(CC(C)(C)C(=O)OC(C)(C)C)ccc21. The van der Waals surface area contributed by atoms with Crippen molar-refractivity contribution in [2.24, 2.45) is 5.41 Å². The maximum atomic E-state index is 13.4. The third kappa shape index (κ3) is 7.00. The van der Waals surface area contributed by atoms with Gasteiger partial charge >= 0.3 is 12.1 Å². The Bertz CT molecular complexity index is 1310. The molecule has 0 atom stereocenters.